The molecule has 17 heavy (non-hydrogen) atoms. The normalized spacial score (nSPS) is 22.7. The standard InChI is InChI=1S/C13H14BrN3/c1-2-8-5-11(8)17-10-3-4-15-12-6-9(14)7-16-13(10)12/h3-4,6-8,11H,2,5H2,1H3,(H,15,17). The molecule has 2 aromatic rings. The maximum atomic E-state index is 4.44. The summed E-state index contributed by atoms with van der Waals surface area (Å²) < 4.78 is 0.965. The molecule has 2 heterocycles. The third kappa shape index (κ3) is 2.14. The Labute approximate surface area is 109 Å². The number of halogens is 1. The minimum Gasteiger partial charge on any atom is -0.380 e. The van der Waals surface area contributed by atoms with Crippen molar-refractivity contribution in [1.29, 1.82) is 0 Å². The van der Waals surface area contributed by atoms with Gasteiger partial charge in [-0.25, -0.2) is 0 Å². The molecule has 0 radical (unpaired) electrons. The molecule has 0 aliphatic heterocycles. The zero-order chi connectivity index (χ0) is 11.8. The molecule has 2 aromatic heterocycles. The smallest absolute Gasteiger partial charge is 0.112 e. The average Bonchev–Trinajstić information content (AvgIpc) is 3.07. The van der Waals surface area contributed by atoms with E-state index in [4.69, 9.17) is 0 Å². The first-order valence-corrected chi connectivity index (χ1v) is 6.74. The van der Waals surface area contributed by atoms with Gasteiger partial charge in [0.2, 0.25) is 0 Å². The van der Waals surface area contributed by atoms with Gasteiger partial charge in [-0.1, -0.05) is 13.3 Å². The van der Waals surface area contributed by atoms with Crippen LogP contribution >= 0.6 is 15.9 Å². The van der Waals surface area contributed by atoms with Crippen molar-refractivity contribution in [1.82, 2.24) is 9.97 Å². The molecule has 1 N–H and O–H groups in total. The fraction of sp³-hybridized carbons (Fsp3) is 0.385. The van der Waals surface area contributed by atoms with Crippen molar-refractivity contribution in [3.8, 4) is 0 Å². The molecule has 0 aromatic carbocycles. The number of anilines is 1. The first-order chi connectivity index (χ1) is 8.28. The van der Waals surface area contributed by atoms with Crippen LogP contribution in [0, 0.1) is 5.92 Å². The molecule has 1 aliphatic carbocycles. The van der Waals surface area contributed by atoms with Gasteiger partial charge in [-0.05, 0) is 40.4 Å². The van der Waals surface area contributed by atoms with Gasteiger partial charge in [0, 0.05) is 22.9 Å². The summed E-state index contributed by atoms with van der Waals surface area (Å²) in [5.74, 6) is 0.827. The van der Waals surface area contributed by atoms with Crippen molar-refractivity contribution in [2.75, 3.05) is 5.32 Å². The molecular formula is C13H14BrN3. The predicted octanol–water partition coefficient (Wildman–Crippen LogP) is 3.60. The first-order valence-electron chi connectivity index (χ1n) is 5.94. The summed E-state index contributed by atoms with van der Waals surface area (Å²) in [4.78, 5) is 8.78. The zero-order valence-corrected chi connectivity index (χ0v) is 11.2. The molecule has 4 heteroatoms. The second-order valence-electron chi connectivity index (χ2n) is 4.53. The van der Waals surface area contributed by atoms with E-state index in [1.54, 1.807) is 0 Å². The van der Waals surface area contributed by atoms with E-state index in [2.05, 4.69) is 38.1 Å². The molecule has 2 atom stereocenters. The van der Waals surface area contributed by atoms with Crippen LogP contribution < -0.4 is 5.32 Å². The van der Waals surface area contributed by atoms with Gasteiger partial charge in [0.1, 0.15) is 5.52 Å². The highest BCUT2D eigenvalue weighted by Crippen LogP contribution is 2.37. The van der Waals surface area contributed by atoms with E-state index in [9.17, 15) is 0 Å². The lowest BCUT2D eigenvalue weighted by molar-refractivity contribution is 0.775. The molecule has 88 valence electrons. The molecule has 3 nitrogen and oxygen atoms in total. The number of fused-ring (bicyclic) bond motifs is 1. The summed E-state index contributed by atoms with van der Waals surface area (Å²) >= 11 is 3.42. The van der Waals surface area contributed by atoms with Crippen molar-refractivity contribution in [3.63, 3.8) is 0 Å². The zero-order valence-electron chi connectivity index (χ0n) is 9.65. The fourth-order valence-electron chi connectivity index (χ4n) is 2.20. The van der Waals surface area contributed by atoms with Gasteiger partial charge < -0.3 is 5.32 Å². The molecule has 0 spiro atoms. The molecule has 3 rings (SSSR count). The number of nitrogens with zero attached hydrogens (tertiary/aromatic N) is 2. The molecule has 0 bridgehead atoms. The number of hydrogen-bond acceptors (Lipinski definition) is 3. The molecule has 0 amide bonds. The van der Waals surface area contributed by atoms with Crippen LogP contribution in [-0.4, -0.2) is 16.0 Å². The van der Waals surface area contributed by atoms with Gasteiger partial charge in [0.25, 0.3) is 0 Å². The van der Waals surface area contributed by atoms with Gasteiger partial charge in [-0.2, -0.15) is 0 Å². The van der Waals surface area contributed by atoms with Crippen molar-refractivity contribution in [3.05, 3.63) is 29.0 Å². The minimum absolute atomic E-state index is 0.621. The highest BCUT2D eigenvalue weighted by Gasteiger charge is 2.35. The quantitative estimate of drug-likeness (QED) is 0.939. The van der Waals surface area contributed by atoms with Crippen LogP contribution in [0.3, 0.4) is 0 Å². The number of pyridine rings is 2. The van der Waals surface area contributed by atoms with Crippen LogP contribution in [0.25, 0.3) is 11.0 Å². The average molecular weight is 292 g/mol. The van der Waals surface area contributed by atoms with E-state index in [1.165, 1.54) is 12.8 Å². The summed E-state index contributed by atoms with van der Waals surface area (Å²) in [6, 6.07) is 4.63. The third-order valence-electron chi connectivity index (χ3n) is 3.33. The Hall–Kier alpha value is -1.16. The molecule has 2 unspecified atom stereocenters. The molecule has 1 aliphatic rings. The second kappa shape index (κ2) is 4.26. The van der Waals surface area contributed by atoms with Gasteiger partial charge in [-0.15, -0.1) is 0 Å². The summed E-state index contributed by atoms with van der Waals surface area (Å²) in [6.45, 7) is 2.24. The lowest BCUT2D eigenvalue weighted by Crippen LogP contribution is -2.05. The topological polar surface area (TPSA) is 37.8 Å². The van der Waals surface area contributed by atoms with E-state index >= 15 is 0 Å². The van der Waals surface area contributed by atoms with Crippen molar-refractivity contribution in [2.45, 2.75) is 25.8 Å². The van der Waals surface area contributed by atoms with E-state index in [1.807, 2.05) is 24.5 Å². The summed E-state index contributed by atoms with van der Waals surface area (Å²) in [7, 11) is 0. The maximum Gasteiger partial charge on any atom is 0.112 e. The SMILES string of the molecule is CCC1CC1Nc1ccnc2cc(Br)cnc12. The predicted molar refractivity (Wildman–Crippen MR) is 73.0 cm³/mol. The Morgan fingerprint density at radius 1 is 1.47 bits per heavy atom. The molecular weight excluding hydrogens is 278 g/mol. The Kier molecular flexibility index (Phi) is 2.74. The Balaban J connectivity index is 1.94. The van der Waals surface area contributed by atoms with Crippen LogP contribution in [0.4, 0.5) is 5.69 Å². The second-order valence-corrected chi connectivity index (χ2v) is 5.45. The number of aromatic nitrogens is 2. The van der Waals surface area contributed by atoms with Gasteiger partial charge >= 0.3 is 0 Å². The fourth-order valence-corrected chi connectivity index (χ4v) is 2.52. The van der Waals surface area contributed by atoms with Gasteiger partial charge in [0.05, 0.1) is 11.2 Å². The van der Waals surface area contributed by atoms with E-state index in [-0.39, 0.29) is 0 Å². The van der Waals surface area contributed by atoms with Crippen LogP contribution in [0.5, 0.6) is 0 Å². The Morgan fingerprint density at radius 2 is 2.35 bits per heavy atom. The number of hydrogen-bond donors (Lipinski definition) is 1. The van der Waals surface area contributed by atoms with Crippen molar-refractivity contribution in [2.24, 2.45) is 5.92 Å². The van der Waals surface area contributed by atoms with Gasteiger partial charge in [0.15, 0.2) is 0 Å². The number of nitrogens with one attached hydrogen (secondary N) is 1. The molecule has 0 saturated heterocycles. The largest absolute Gasteiger partial charge is 0.380 e. The third-order valence-corrected chi connectivity index (χ3v) is 3.77. The lowest BCUT2D eigenvalue weighted by atomic mass is 10.2. The van der Waals surface area contributed by atoms with Crippen molar-refractivity contribution >= 4 is 32.7 Å². The summed E-state index contributed by atoms with van der Waals surface area (Å²) in [5.41, 5.74) is 2.99. The van der Waals surface area contributed by atoms with Crippen LogP contribution in [0.2, 0.25) is 0 Å². The lowest BCUT2D eigenvalue weighted by Gasteiger charge is -2.08. The Bertz CT molecular complexity index is 555. The summed E-state index contributed by atoms with van der Waals surface area (Å²) in [5, 5.41) is 3.56. The van der Waals surface area contributed by atoms with Crippen molar-refractivity contribution < 1.29 is 0 Å². The maximum absolute atomic E-state index is 4.44. The number of rotatable bonds is 3. The minimum atomic E-state index is 0.621. The van der Waals surface area contributed by atoms with Crippen LogP contribution in [-0.2, 0) is 0 Å². The van der Waals surface area contributed by atoms with E-state index in [0.29, 0.717) is 6.04 Å². The monoisotopic (exact) mass is 291 g/mol. The highest BCUT2D eigenvalue weighted by atomic mass is 79.9. The Morgan fingerprint density at radius 3 is 3.12 bits per heavy atom. The van der Waals surface area contributed by atoms with Crippen LogP contribution in [0.15, 0.2) is 29.0 Å². The highest BCUT2D eigenvalue weighted by molar-refractivity contribution is 9.10. The van der Waals surface area contributed by atoms with Gasteiger partial charge in [-0.3, -0.25) is 9.97 Å². The van der Waals surface area contributed by atoms with E-state index < -0.39 is 0 Å². The summed E-state index contributed by atoms with van der Waals surface area (Å²) in [6.07, 6.45) is 6.18. The van der Waals surface area contributed by atoms with Crippen LogP contribution in [0.1, 0.15) is 19.8 Å². The van der Waals surface area contributed by atoms with E-state index in [0.717, 1.165) is 27.1 Å². The molecule has 1 saturated carbocycles. The molecule has 1 fully saturated rings. The first kappa shape index (κ1) is 11.0.